The van der Waals surface area contributed by atoms with E-state index in [1.807, 2.05) is 144 Å². The normalized spacial score (nSPS) is 12.5. The molecule has 2 aliphatic heterocycles. The molecule has 118 heavy (non-hydrogen) atoms. The van der Waals surface area contributed by atoms with E-state index in [-0.39, 0.29) is 23.7 Å². The first kappa shape index (κ1) is 81.2. The van der Waals surface area contributed by atoms with Crippen LogP contribution in [0.5, 0.6) is 5.75 Å². The van der Waals surface area contributed by atoms with Gasteiger partial charge < -0.3 is 48.6 Å². The number of nitrogens with one attached hydrogen (secondary N) is 1. The number of halogens is 7. The maximum Gasteiger partial charge on any atom is 0.252 e. The number of para-hydroxylation sites is 11. The summed E-state index contributed by atoms with van der Waals surface area (Å²) >= 11 is 23.0. The molecule has 594 valence electrons. The number of nitrogens with two attached hydrogens (primary N) is 5. The van der Waals surface area contributed by atoms with Crippen molar-refractivity contribution in [2.75, 3.05) is 64.6 Å². The molecule has 2 saturated heterocycles. The Labute approximate surface area is 724 Å². The lowest BCUT2D eigenvalue weighted by molar-refractivity contribution is 0.469. The molecule has 0 spiro atoms. The van der Waals surface area contributed by atoms with E-state index in [0.717, 1.165) is 153 Å². The number of rotatable bonds is 11. The number of nitrogen functional groups attached to an aromatic ring is 5. The van der Waals surface area contributed by atoms with Gasteiger partial charge in [0.2, 0.25) is 0 Å². The van der Waals surface area contributed by atoms with Crippen molar-refractivity contribution in [1.82, 2.24) is 104 Å². The van der Waals surface area contributed by atoms with Gasteiger partial charge in [0.15, 0.2) is 38.9 Å². The summed E-state index contributed by atoms with van der Waals surface area (Å²) in [6.45, 7) is 4.98. The second-order valence-corrected chi connectivity index (χ2v) is 30.7. The number of fused-ring (bicyclic) bond motifs is 8. The van der Waals surface area contributed by atoms with Crippen LogP contribution in [0, 0.1) is 13.2 Å². The third-order valence-electron chi connectivity index (χ3n) is 19.0. The summed E-state index contributed by atoms with van der Waals surface area (Å²) < 4.78 is 20.8. The number of alkyl halides is 2. The molecular formula is C81H69Br2Cl2FI2N28O2. The van der Waals surface area contributed by atoms with Crippen molar-refractivity contribution in [2.45, 2.75) is 56.0 Å². The molecule has 2 aliphatic rings. The van der Waals surface area contributed by atoms with Gasteiger partial charge in [0, 0.05) is 59.5 Å². The Morgan fingerprint density at radius 2 is 0.822 bits per heavy atom. The minimum atomic E-state index is -0.579. The van der Waals surface area contributed by atoms with Gasteiger partial charge in [0.05, 0.1) is 103 Å². The third kappa shape index (κ3) is 18.3. The highest BCUT2D eigenvalue weighted by molar-refractivity contribution is 14.1. The van der Waals surface area contributed by atoms with Crippen molar-refractivity contribution in [3.8, 4) is 17.0 Å². The largest absolute Gasteiger partial charge is 0.508 e. The summed E-state index contributed by atoms with van der Waals surface area (Å²) in [5.74, 6) is 2.05. The third-order valence-corrected chi connectivity index (χ3v) is 22.2. The quantitative estimate of drug-likeness (QED) is 0.0359. The second kappa shape index (κ2) is 36.7. The van der Waals surface area contributed by atoms with Crippen LogP contribution in [0.3, 0.4) is 0 Å². The molecular weight excluding hydrogens is 1900 g/mol. The highest BCUT2D eigenvalue weighted by atomic mass is 127. The average Bonchev–Trinajstić information content (AvgIpc) is 1.61. The van der Waals surface area contributed by atoms with E-state index in [0.29, 0.717) is 96.3 Å². The Kier molecular flexibility index (Phi) is 25.3. The predicted molar refractivity (Wildman–Crippen MR) is 485 cm³/mol. The number of hydrogen-bond acceptors (Lipinski definition) is 26. The summed E-state index contributed by atoms with van der Waals surface area (Å²) in [6.07, 6.45) is 8.83. The summed E-state index contributed by atoms with van der Waals surface area (Å²) in [6, 6.07) is 51.7. The highest BCUT2D eigenvalue weighted by Gasteiger charge is 2.26. The number of phenolic OH excluding ortho intramolecular Hbond substituents is 1. The van der Waals surface area contributed by atoms with Gasteiger partial charge in [-0.25, -0.2) is 88.2 Å². The Morgan fingerprint density at radius 3 is 1.27 bits per heavy atom. The zero-order valence-electron chi connectivity index (χ0n) is 62.3. The molecule has 11 aromatic heterocycles. The number of phenols is 1. The molecule has 0 atom stereocenters. The second-order valence-electron chi connectivity index (χ2n) is 26.8. The highest BCUT2D eigenvalue weighted by Crippen LogP contribution is 2.36. The molecule has 0 aliphatic carbocycles. The van der Waals surface area contributed by atoms with Crippen LogP contribution in [0.25, 0.3) is 99.4 Å². The fourth-order valence-electron chi connectivity index (χ4n) is 13.3. The maximum absolute atomic E-state index is 14.1. The van der Waals surface area contributed by atoms with Gasteiger partial charge in [-0.2, -0.15) is 15.3 Å². The first-order chi connectivity index (χ1) is 57.3. The van der Waals surface area contributed by atoms with Crippen LogP contribution in [-0.2, 0) is 30.3 Å². The minimum Gasteiger partial charge on any atom is -0.508 e. The van der Waals surface area contributed by atoms with Crippen LogP contribution >= 0.6 is 100 Å². The first-order valence-corrected chi connectivity index (χ1v) is 41.9. The molecule has 0 unspecified atom stereocenters. The Hall–Kier alpha value is -11.9. The van der Waals surface area contributed by atoms with Crippen molar-refractivity contribution >= 4 is 229 Å². The molecule has 30 nitrogen and oxygen atoms in total. The van der Waals surface area contributed by atoms with Crippen LogP contribution < -0.4 is 44.0 Å². The van der Waals surface area contributed by atoms with E-state index in [1.54, 1.807) is 21.5 Å². The van der Waals surface area contributed by atoms with Crippen LogP contribution in [0.15, 0.2) is 194 Å². The minimum absolute atomic E-state index is 0.0180. The lowest BCUT2D eigenvalue weighted by atomic mass is 10.1. The molecule has 0 bridgehead atoms. The summed E-state index contributed by atoms with van der Waals surface area (Å²) in [5, 5.41) is 28.9. The Morgan fingerprint density at radius 1 is 0.441 bits per heavy atom. The van der Waals surface area contributed by atoms with Crippen LogP contribution in [0.1, 0.15) is 54.0 Å². The van der Waals surface area contributed by atoms with E-state index in [1.165, 1.54) is 44.0 Å². The zero-order chi connectivity index (χ0) is 82.1. The van der Waals surface area contributed by atoms with Crippen LogP contribution in [0.2, 0.25) is 10.3 Å². The van der Waals surface area contributed by atoms with Crippen LogP contribution in [0.4, 0.5) is 44.9 Å². The standard InChI is InChI=1S/C24H21FN8O.C18H17IN8.C14H9ClIN7.C10H8BrNO.C9H6BrClN2.C6H8N2/c25-15-9-14(10-16(34)11-15)21-20-22(26)27-13-28-24(20)33(31-21)12-19-23(32-7-3-4-8-32)30-18-6-2-1-5-17(18)29-19;19-15-14-16(20)21-10-22-18(14)27(25-15)9-13-17(26-7-3-4-8-26)24-12-6-2-1-5-11(12)23-13;15-11-9(20-7-3-1-2-4-8(7)21-11)5-23-14-10(12(16)22-23)13(17)18-6-19-14;11-6-8-5-7-3-1-2-4-9(7)12-10(8)13;10-5-8-9(11)13-7-4-2-1-3-6(7)12-8;7-5-3-1-2-4-6(5)8/h1-2,5-6,9-11,13,34H,3-4,7-8,12H2,(H2,26,27,28);1-2,5-6,10H,3-4,7-9H2,(H2,20,21,22);1-4,6H,5H2,(H2,17,18,19);1-5H,6H2,(H,12,13);1-4H,5H2;1-4H,7-8H2. The van der Waals surface area contributed by atoms with Gasteiger partial charge in [-0.3, -0.25) is 4.79 Å². The van der Waals surface area contributed by atoms with E-state index in [4.69, 9.17) is 76.9 Å². The fraction of sp³-hybridized carbons (Fsp3) is 0.160. The number of pyridine rings is 1. The summed E-state index contributed by atoms with van der Waals surface area (Å²) in [7, 11) is 0. The molecule has 37 heteroatoms. The number of nitrogens with zero attached hydrogens (tertiary/aromatic N) is 22. The molecule has 7 aromatic carbocycles. The molecule has 0 radical (unpaired) electrons. The number of H-pyrrole nitrogens is 1. The van der Waals surface area contributed by atoms with Crippen molar-refractivity contribution in [1.29, 1.82) is 0 Å². The van der Waals surface area contributed by atoms with Crippen molar-refractivity contribution < 1.29 is 9.50 Å². The monoisotopic (exact) mass is 1970 g/mol. The van der Waals surface area contributed by atoms with Gasteiger partial charge in [-0.15, -0.1) is 0 Å². The van der Waals surface area contributed by atoms with Crippen LogP contribution in [-0.4, -0.2) is 135 Å². The molecule has 0 saturated carbocycles. The molecule has 20 rings (SSSR count). The summed E-state index contributed by atoms with van der Waals surface area (Å²) in [5.41, 5.74) is 44.2. The van der Waals surface area contributed by atoms with Gasteiger partial charge in [0.25, 0.3) is 5.56 Å². The van der Waals surface area contributed by atoms with E-state index in [2.05, 4.69) is 152 Å². The van der Waals surface area contributed by atoms with Gasteiger partial charge in [-0.05, 0) is 161 Å². The molecule has 18 aromatic rings. The van der Waals surface area contributed by atoms with Gasteiger partial charge >= 0.3 is 0 Å². The number of hydrogen-bond donors (Lipinski definition) is 7. The summed E-state index contributed by atoms with van der Waals surface area (Å²) in [4.78, 5) is 81.2. The first-order valence-electron chi connectivity index (χ1n) is 36.7. The predicted octanol–water partition coefficient (Wildman–Crippen LogP) is 15.2. The van der Waals surface area contributed by atoms with Gasteiger partial charge in [-0.1, -0.05) is 134 Å². The SMILES string of the molecule is Clc1nc2ccccc2nc1CBr.Nc1ccccc1N.Nc1ncnc2c1c(-c1cc(O)cc(F)c1)nn2Cc1nc2ccccc2nc1N1CCCC1.Nc1ncnc2c1c(I)nn2Cc1nc2ccccc2nc1Cl.Nc1ncnc2c1c(I)nn2Cc1nc2ccccc2nc1N1CCCC1.O=c1[nH]c2ccccc2cc1CBr. The Bertz CT molecular complexity index is 6770. The smallest absolute Gasteiger partial charge is 0.252 e. The molecule has 0 amide bonds. The Balaban J connectivity index is 0.000000117. The number of aromatic amines is 1. The number of aromatic nitrogens is 21. The van der Waals surface area contributed by atoms with Gasteiger partial charge in [0.1, 0.15) is 72.5 Å². The molecule has 13 heterocycles. The molecule has 2 fully saturated rings. The lowest BCUT2D eigenvalue weighted by Crippen LogP contribution is -2.22. The van der Waals surface area contributed by atoms with Crippen molar-refractivity contribution in [3.05, 3.63) is 251 Å². The maximum atomic E-state index is 14.1. The number of benzene rings is 7. The van der Waals surface area contributed by atoms with Crippen molar-refractivity contribution in [3.63, 3.8) is 0 Å². The van der Waals surface area contributed by atoms with E-state index in [9.17, 15) is 14.3 Å². The average molecular weight is 1970 g/mol. The number of aromatic hydroxyl groups is 1. The fourth-order valence-corrected chi connectivity index (χ4v) is 16.2. The van der Waals surface area contributed by atoms with E-state index >= 15 is 0 Å². The lowest BCUT2D eigenvalue weighted by Gasteiger charge is -2.20. The molecule has 12 N–H and O–H groups in total. The topological polar surface area (TPSA) is 424 Å². The van der Waals surface area contributed by atoms with Crippen molar-refractivity contribution in [2.24, 2.45) is 0 Å². The number of anilines is 7. The van der Waals surface area contributed by atoms with E-state index < -0.39 is 5.82 Å². The zero-order valence-corrected chi connectivity index (χ0v) is 71.3.